The molecule has 4 N–H and O–H groups in total. The fourth-order valence-electron chi connectivity index (χ4n) is 2.17. The van der Waals surface area contributed by atoms with E-state index in [0.717, 1.165) is 0 Å². The van der Waals surface area contributed by atoms with E-state index in [9.17, 15) is 20.2 Å². The molecule has 1 fully saturated rings. The van der Waals surface area contributed by atoms with E-state index in [1.165, 1.54) is 0 Å². The van der Waals surface area contributed by atoms with Crippen molar-refractivity contribution >= 4 is 49.6 Å². The van der Waals surface area contributed by atoms with Gasteiger partial charge in [-0.2, -0.15) is 0 Å². The van der Waals surface area contributed by atoms with Gasteiger partial charge >= 0.3 is 0 Å². The summed E-state index contributed by atoms with van der Waals surface area (Å²) >= 11 is 0. The van der Waals surface area contributed by atoms with Crippen LogP contribution in [0.25, 0.3) is 0 Å². The highest BCUT2D eigenvalue weighted by atomic mass is 35.5. The van der Waals surface area contributed by atoms with E-state index >= 15 is 0 Å². The van der Waals surface area contributed by atoms with Crippen LogP contribution in [-0.4, -0.2) is 73.3 Å². The number of hydrogen-bond acceptors (Lipinski definition) is 8. The summed E-state index contributed by atoms with van der Waals surface area (Å²) in [6, 6.07) is 0. The molecule has 0 amide bonds. The van der Waals surface area contributed by atoms with Crippen LogP contribution in [0.15, 0.2) is 0 Å². The Hall–Kier alpha value is -0.200. The van der Waals surface area contributed by atoms with Gasteiger partial charge in [0.05, 0.1) is 26.2 Å². The van der Waals surface area contributed by atoms with Crippen molar-refractivity contribution in [3.63, 3.8) is 0 Å². The van der Waals surface area contributed by atoms with Crippen molar-refractivity contribution in [2.24, 2.45) is 0 Å². The van der Waals surface area contributed by atoms with Crippen molar-refractivity contribution in [3.8, 4) is 0 Å². The van der Waals surface area contributed by atoms with Crippen LogP contribution in [0, 0.1) is 20.2 Å². The van der Waals surface area contributed by atoms with Crippen LogP contribution in [0.4, 0.5) is 0 Å². The van der Waals surface area contributed by atoms with Gasteiger partial charge in [-0.25, -0.2) is 0 Å². The van der Waals surface area contributed by atoms with Crippen molar-refractivity contribution in [2.75, 3.05) is 52.4 Å². The Morgan fingerprint density at radius 1 is 0.615 bits per heavy atom. The van der Waals surface area contributed by atoms with Crippen molar-refractivity contribution < 1.29 is 9.85 Å². The molecule has 0 aromatic heterocycles. The lowest BCUT2D eigenvalue weighted by Gasteiger charge is -2.25. The molecule has 26 heavy (non-hydrogen) atoms. The number of hydrogen-bond donors (Lipinski definition) is 4. The van der Waals surface area contributed by atoms with Gasteiger partial charge in [0.1, 0.15) is 0 Å². The average Bonchev–Trinajstić information content (AvgIpc) is 2.45. The first-order valence-electron chi connectivity index (χ1n) is 7.42. The van der Waals surface area contributed by atoms with Gasteiger partial charge in [0.2, 0.25) is 11.1 Å². The fourth-order valence-corrected chi connectivity index (χ4v) is 2.17. The van der Waals surface area contributed by atoms with E-state index < -0.39 is 11.1 Å². The molecule has 14 heteroatoms. The van der Waals surface area contributed by atoms with Gasteiger partial charge in [-0.05, 0) is 0 Å². The van der Waals surface area contributed by atoms with Gasteiger partial charge in [-0.15, -0.1) is 49.6 Å². The standard InChI is InChI=1S/C12H26N6O4.4ClH/c1-11(17(19)20)7-13-3-5-15-9-12(2,18(21)22)10-16-6-4-14-8-11;;;;/h13-16H,3-10H2,1-2H3;4*1H. The molecular formula is C12H30Cl4N6O4. The summed E-state index contributed by atoms with van der Waals surface area (Å²) in [5, 5.41) is 34.5. The van der Waals surface area contributed by atoms with Crippen LogP contribution in [-0.2, 0) is 0 Å². The lowest BCUT2D eigenvalue weighted by atomic mass is 10.0. The third kappa shape index (κ3) is 10.8. The Balaban J connectivity index is -0.000000605. The Morgan fingerprint density at radius 2 is 0.808 bits per heavy atom. The van der Waals surface area contributed by atoms with Crippen molar-refractivity contribution in [1.82, 2.24) is 21.3 Å². The molecule has 0 radical (unpaired) electrons. The summed E-state index contributed by atoms with van der Waals surface area (Å²) < 4.78 is 0. The van der Waals surface area contributed by atoms with Crippen molar-refractivity contribution in [3.05, 3.63) is 20.2 Å². The van der Waals surface area contributed by atoms with Crippen molar-refractivity contribution in [1.29, 1.82) is 0 Å². The molecule has 0 unspecified atom stereocenters. The molecule has 0 saturated carbocycles. The molecule has 1 saturated heterocycles. The Bertz CT molecular complexity index is 356. The summed E-state index contributed by atoms with van der Waals surface area (Å²) in [5.41, 5.74) is -2.14. The predicted octanol–water partition coefficient (Wildman–Crippen LogP) is 0.116. The van der Waals surface area contributed by atoms with E-state index in [2.05, 4.69) is 21.3 Å². The van der Waals surface area contributed by atoms with Crippen molar-refractivity contribution in [2.45, 2.75) is 24.9 Å². The normalized spacial score (nSPS) is 27.8. The van der Waals surface area contributed by atoms with E-state index in [4.69, 9.17) is 0 Å². The maximum absolute atomic E-state index is 11.2. The van der Waals surface area contributed by atoms with Crippen LogP contribution in [0.3, 0.4) is 0 Å². The van der Waals surface area contributed by atoms with E-state index in [-0.39, 0.29) is 85.7 Å². The lowest BCUT2D eigenvalue weighted by molar-refractivity contribution is -0.561. The molecule has 1 aliphatic heterocycles. The smallest absolute Gasteiger partial charge is 0.243 e. The third-order valence-electron chi connectivity index (χ3n) is 3.86. The topological polar surface area (TPSA) is 134 Å². The molecule has 10 nitrogen and oxygen atoms in total. The highest BCUT2D eigenvalue weighted by molar-refractivity contribution is 5.86. The van der Waals surface area contributed by atoms with Crippen LogP contribution in [0.5, 0.6) is 0 Å². The monoisotopic (exact) mass is 462 g/mol. The molecule has 0 aromatic carbocycles. The van der Waals surface area contributed by atoms with Gasteiger partial charge in [-0.3, -0.25) is 20.2 Å². The van der Waals surface area contributed by atoms with Crippen LogP contribution < -0.4 is 21.3 Å². The summed E-state index contributed by atoms with van der Waals surface area (Å²) in [4.78, 5) is 21.8. The molecule has 1 heterocycles. The first-order chi connectivity index (χ1) is 10.3. The molecule has 0 atom stereocenters. The Morgan fingerprint density at radius 3 is 0.962 bits per heavy atom. The highest BCUT2D eigenvalue weighted by Gasteiger charge is 2.37. The van der Waals surface area contributed by atoms with Gasteiger partial charge in [0, 0.05) is 49.9 Å². The predicted molar refractivity (Wildman–Crippen MR) is 111 cm³/mol. The molecule has 160 valence electrons. The molecule has 1 rings (SSSR count). The third-order valence-corrected chi connectivity index (χ3v) is 3.86. The number of nitrogens with zero attached hydrogens (tertiary/aromatic N) is 2. The summed E-state index contributed by atoms with van der Waals surface area (Å²) in [5.74, 6) is 0. The average molecular weight is 464 g/mol. The molecule has 0 aromatic rings. The summed E-state index contributed by atoms with van der Waals surface area (Å²) in [6.07, 6.45) is 0. The molecular weight excluding hydrogens is 434 g/mol. The van der Waals surface area contributed by atoms with Crippen LogP contribution >= 0.6 is 49.6 Å². The minimum atomic E-state index is -1.07. The Labute approximate surface area is 178 Å². The molecule has 0 spiro atoms. The lowest BCUT2D eigenvalue weighted by Crippen LogP contribution is -2.56. The number of halogens is 4. The first kappa shape index (κ1) is 33.4. The maximum atomic E-state index is 11.2. The van der Waals surface area contributed by atoms with Gasteiger partial charge in [0.15, 0.2) is 0 Å². The summed E-state index contributed by atoms with van der Waals surface area (Å²) in [7, 11) is 0. The quantitative estimate of drug-likeness (QED) is 0.335. The van der Waals surface area contributed by atoms with E-state index in [1.807, 2.05) is 0 Å². The number of nitro groups is 2. The van der Waals surface area contributed by atoms with Crippen LogP contribution in [0.2, 0.25) is 0 Å². The largest absolute Gasteiger partial charge is 0.309 e. The molecule has 0 bridgehead atoms. The Kier molecular flexibility index (Phi) is 20.3. The zero-order chi connectivity index (χ0) is 16.6. The molecule has 1 aliphatic rings. The minimum absolute atomic E-state index is 0. The van der Waals surface area contributed by atoms with E-state index in [1.54, 1.807) is 13.8 Å². The van der Waals surface area contributed by atoms with E-state index in [0.29, 0.717) is 26.2 Å². The second-order valence-electron chi connectivity index (χ2n) is 6.22. The first-order valence-corrected chi connectivity index (χ1v) is 7.42. The van der Waals surface area contributed by atoms with Gasteiger partial charge in [0.25, 0.3) is 0 Å². The maximum Gasteiger partial charge on any atom is 0.243 e. The van der Waals surface area contributed by atoms with Gasteiger partial charge in [-0.1, -0.05) is 0 Å². The zero-order valence-corrected chi connectivity index (χ0v) is 18.1. The van der Waals surface area contributed by atoms with Crippen LogP contribution in [0.1, 0.15) is 13.8 Å². The minimum Gasteiger partial charge on any atom is -0.309 e. The number of rotatable bonds is 2. The SMILES string of the molecule is CC1([N+](=O)[O-])CNCCNCC(C)([N+](=O)[O-])CNCCNC1.Cl.Cl.Cl.Cl. The second kappa shape index (κ2) is 15.8. The second-order valence-corrected chi connectivity index (χ2v) is 6.22. The molecule has 0 aliphatic carbocycles. The summed E-state index contributed by atoms with van der Waals surface area (Å²) in [6.45, 7) is 6.25. The fraction of sp³-hybridized carbons (Fsp3) is 1.00. The number of nitrogens with one attached hydrogen (secondary N) is 4. The zero-order valence-electron chi connectivity index (χ0n) is 14.8. The van der Waals surface area contributed by atoms with Gasteiger partial charge < -0.3 is 21.3 Å². The highest BCUT2D eigenvalue weighted by Crippen LogP contribution is 2.07.